The van der Waals surface area contributed by atoms with Gasteiger partial charge in [-0.3, -0.25) is 15.2 Å². The van der Waals surface area contributed by atoms with Gasteiger partial charge in [-0.25, -0.2) is 0 Å². The van der Waals surface area contributed by atoms with Gasteiger partial charge in [-0.05, 0) is 24.5 Å². The molecular formula is C16H18ClF3N4O3. The SMILES string of the molecule is COc1cc(C(=O)Nc2n[nH]c(C(F)(F)F)n2)cc(Cl)c1OCCC(C)C. The topological polar surface area (TPSA) is 89.1 Å². The fraction of sp³-hybridized carbons (Fsp3) is 0.438. The Kier molecular flexibility index (Phi) is 6.53. The lowest BCUT2D eigenvalue weighted by Crippen LogP contribution is -2.14. The van der Waals surface area contributed by atoms with Crippen LogP contribution in [0.3, 0.4) is 0 Å². The van der Waals surface area contributed by atoms with E-state index in [0.717, 1.165) is 6.42 Å². The predicted octanol–water partition coefficient (Wildman–Crippen LogP) is 4.16. The van der Waals surface area contributed by atoms with E-state index in [-0.39, 0.29) is 22.1 Å². The van der Waals surface area contributed by atoms with Crippen LogP contribution >= 0.6 is 11.6 Å². The van der Waals surface area contributed by atoms with Gasteiger partial charge in [0.1, 0.15) is 0 Å². The number of carbonyl (C=O) groups excluding carboxylic acids is 1. The first kappa shape index (κ1) is 20.8. The average Bonchev–Trinajstić information content (AvgIpc) is 3.04. The van der Waals surface area contributed by atoms with Gasteiger partial charge in [0.05, 0.1) is 18.7 Å². The summed E-state index contributed by atoms with van der Waals surface area (Å²) in [5.41, 5.74) is 0.0476. The molecule has 148 valence electrons. The van der Waals surface area contributed by atoms with Crippen LogP contribution in [0.25, 0.3) is 0 Å². The lowest BCUT2D eigenvalue weighted by atomic mass is 10.1. The molecule has 0 unspecified atom stereocenters. The largest absolute Gasteiger partial charge is 0.493 e. The van der Waals surface area contributed by atoms with Crippen LogP contribution in [0.2, 0.25) is 5.02 Å². The molecule has 27 heavy (non-hydrogen) atoms. The number of carbonyl (C=O) groups is 1. The molecule has 1 heterocycles. The van der Waals surface area contributed by atoms with Crippen LogP contribution in [0.5, 0.6) is 11.5 Å². The van der Waals surface area contributed by atoms with Crippen molar-refractivity contribution in [2.24, 2.45) is 5.92 Å². The molecule has 0 fully saturated rings. The minimum absolute atomic E-state index is 0.0476. The molecule has 0 saturated carbocycles. The third-order valence-electron chi connectivity index (χ3n) is 3.41. The normalized spacial score (nSPS) is 11.6. The molecule has 1 aromatic carbocycles. The van der Waals surface area contributed by atoms with Gasteiger partial charge in [-0.2, -0.15) is 18.2 Å². The molecule has 0 radical (unpaired) electrons. The van der Waals surface area contributed by atoms with Crippen molar-refractivity contribution >= 4 is 23.5 Å². The molecule has 0 atom stereocenters. The number of H-pyrrole nitrogens is 1. The first-order chi connectivity index (χ1) is 12.6. The number of nitrogens with zero attached hydrogens (tertiary/aromatic N) is 2. The van der Waals surface area contributed by atoms with E-state index in [2.05, 4.69) is 15.4 Å². The molecule has 0 bridgehead atoms. The number of hydrogen-bond donors (Lipinski definition) is 2. The smallest absolute Gasteiger partial charge is 0.451 e. The highest BCUT2D eigenvalue weighted by Crippen LogP contribution is 2.37. The molecule has 11 heteroatoms. The van der Waals surface area contributed by atoms with E-state index in [1.54, 1.807) is 5.10 Å². The number of rotatable bonds is 7. The van der Waals surface area contributed by atoms with Crippen LogP contribution in [0.15, 0.2) is 12.1 Å². The molecule has 0 aliphatic carbocycles. The molecule has 1 aromatic heterocycles. The second kappa shape index (κ2) is 8.47. The lowest BCUT2D eigenvalue weighted by molar-refractivity contribution is -0.144. The van der Waals surface area contributed by atoms with Crippen LogP contribution in [0.4, 0.5) is 19.1 Å². The van der Waals surface area contributed by atoms with E-state index >= 15 is 0 Å². The Morgan fingerprint density at radius 1 is 1.37 bits per heavy atom. The number of aromatic amines is 1. The Morgan fingerprint density at radius 3 is 2.63 bits per heavy atom. The Labute approximate surface area is 158 Å². The third-order valence-corrected chi connectivity index (χ3v) is 3.69. The zero-order valence-electron chi connectivity index (χ0n) is 14.8. The van der Waals surface area contributed by atoms with Crippen LogP contribution in [0.1, 0.15) is 36.5 Å². The highest BCUT2D eigenvalue weighted by molar-refractivity contribution is 6.32. The number of benzene rings is 1. The Hall–Kier alpha value is -2.49. The number of anilines is 1. The van der Waals surface area contributed by atoms with Crippen LogP contribution in [0, 0.1) is 5.92 Å². The molecule has 0 saturated heterocycles. The summed E-state index contributed by atoms with van der Waals surface area (Å²) in [4.78, 5) is 15.4. The molecule has 0 aliphatic rings. The monoisotopic (exact) mass is 406 g/mol. The fourth-order valence-corrected chi connectivity index (χ4v) is 2.27. The molecule has 0 aliphatic heterocycles. The van der Waals surface area contributed by atoms with Crippen molar-refractivity contribution in [3.8, 4) is 11.5 Å². The van der Waals surface area contributed by atoms with Crippen molar-refractivity contribution < 1.29 is 27.4 Å². The number of amides is 1. The molecule has 2 N–H and O–H groups in total. The van der Waals surface area contributed by atoms with E-state index in [1.165, 1.54) is 19.2 Å². The summed E-state index contributed by atoms with van der Waals surface area (Å²) in [6.07, 6.45) is -3.90. The number of aromatic nitrogens is 3. The maximum Gasteiger partial charge on any atom is 0.451 e. The van der Waals surface area contributed by atoms with Crippen molar-refractivity contribution in [3.63, 3.8) is 0 Å². The number of halogens is 4. The Bertz CT molecular complexity index is 809. The first-order valence-electron chi connectivity index (χ1n) is 7.93. The van der Waals surface area contributed by atoms with Gasteiger partial charge < -0.3 is 9.47 Å². The Balaban J connectivity index is 2.16. The van der Waals surface area contributed by atoms with E-state index in [0.29, 0.717) is 12.5 Å². The van der Waals surface area contributed by atoms with E-state index in [9.17, 15) is 18.0 Å². The minimum Gasteiger partial charge on any atom is -0.493 e. The maximum atomic E-state index is 12.5. The predicted molar refractivity (Wildman–Crippen MR) is 92.3 cm³/mol. The number of hydrogen-bond acceptors (Lipinski definition) is 5. The standard InChI is InChI=1S/C16H18ClF3N4O3/c1-8(2)4-5-27-12-10(17)6-9(7-11(12)26-3)13(25)21-15-22-14(23-24-15)16(18,19)20/h6-8H,4-5H2,1-3H3,(H2,21,22,23,24,25). The zero-order valence-corrected chi connectivity index (χ0v) is 15.5. The van der Waals surface area contributed by atoms with Crippen molar-refractivity contribution in [1.29, 1.82) is 0 Å². The summed E-state index contributed by atoms with van der Waals surface area (Å²) < 4.78 is 48.4. The lowest BCUT2D eigenvalue weighted by Gasteiger charge is -2.14. The maximum absolute atomic E-state index is 12.5. The summed E-state index contributed by atoms with van der Waals surface area (Å²) in [7, 11) is 1.38. The van der Waals surface area contributed by atoms with Crippen LogP contribution in [-0.4, -0.2) is 34.8 Å². The number of nitrogens with one attached hydrogen (secondary N) is 2. The van der Waals surface area contributed by atoms with Gasteiger partial charge in [0.15, 0.2) is 11.5 Å². The highest BCUT2D eigenvalue weighted by Gasteiger charge is 2.35. The quantitative estimate of drug-likeness (QED) is 0.720. The second-order valence-electron chi connectivity index (χ2n) is 5.98. The Morgan fingerprint density at radius 2 is 2.07 bits per heavy atom. The van der Waals surface area contributed by atoms with Crippen molar-refractivity contribution in [2.45, 2.75) is 26.4 Å². The van der Waals surface area contributed by atoms with Crippen molar-refractivity contribution in [2.75, 3.05) is 19.0 Å². The summed E-state index contributed by atoms with van der Waals surface area (Å²) in [5, 5.41) is 7.31. The first-order valence-corrected chi connectivity index (χ1v) is 8.31. The van der Waals surface area contributed by atoms with Gasteiger partial charge in [0, 0.05) is 5.56 Å². The van der Waals surface area contributed by atoms with Crippen molar-refractivity contribution in [3.05, 3.63) is 28.5 Å². The van der Waals surface area contributed by atoms with Crippen LogP contribution < -0.4 is 14.8 Å². The van der Waals surface area contributed by atoms with E-state index in [4.69, 9.17) is 21.1 Å². The van der Waals surface area contributed by atoms with E-state index < -0.39 is 23.9 Å². The summed E-state index contributed by atoms with van der Waals surface area (Å²) in [6.45, 7) is 4.50. The minimum atomic E-state index is -4.70. The highest BCUT2D eigenvalue weighted by atomic mass is 35.5. The number of methoxy groups -OCH3 is 1. The second-order valence-corrected chi connectivity index (χ2v) is 6.39. The molecule has 2 rings (SSSR count). The van der Waals surface area contributed by atoms with Crippen LogP contribution in [-0.2, 0) is 6.18 Å². The average molecular weight is 407 g/mol. The van der Waals surface area contributed by atoms with Gasteiger partial charge in [-0.1, -0.05) is 25.4 Å². The van der Waals surface area contributed by atoms with Gasteiger partial charge in [0.25, 0.3) is 5.91 Å². The molecule has 2 aromatic rings. The van der Waals surface area contributed by atoms with E-state index in [1.807, 2.05) is 13.8 Å². The number of alkyl halides is 3. The molecule has 1 amide bonds. The fourth-order valence-electron chi connectivity index (χ4n) is 2.01. The third kappa shape index (κ3) is 5.49. The molecule has 7 nitrogen and oxygen atoms in total. The van der Waals surface area contributed by atoms with Gasteiger partial charge in [-0.15, -0.1) is 5.10 Å². The van der Waals surface area contributed by atoms with Gasteiger partial charge in [0.2, 0.25) is 11.8 Å². The molecule has 0 spiro atoms. The number of ether oxygens (including phenoxy) is 2. The van der Waals surface area contributed by atoms with Crippen molar-refractivity contribution in [1.82, 2.24) is 15.2 Å². The summed E-state index contributed by atoms with van der Waals surface area (Å²) >= 11 is 6.17. The summed E-state index contributed by atoms with van der Waals surface area (Å²) in [5.74, 6) is -1.64. The summed E-state index contributed by atoms with van der Waals surface area (Å²) in [6, 6.07) is 2.69. The zero-order chi connectivity index (χ0) is 20.2. The van der Waals surface area contributed by atoms with Gasteiger partial charge >= 0.3 is 6.18 Å². The molecular weight excluding hydrogens is 389 g/mol.